The van der Waals surface area contributed by atoms with E-state index in [1.807, 2.05) is 6.92 Å². The highest BCUT2D eigenvalue weighted by molar-refractivity contribution is 5.78. The molecule has 92 valence electrons. The van der Waals surface area contributed by atoms with Crippen molar-refractivity contribution in [2.45, 2.75) is 20.3 Å². The first-order valence-electron chi connectivity index (χ1n) is 5.64. The van der Waals surface area contributed by atoms with Crippen LogP contribution in [0.2, 0.25) is 0 Å². The Morgan fingerprint density at radius 2 is 2.12 bits per heavy atom. The van der Waals surface area contributed by atoms with Gasteiger partial charge in [0, 0.05) is 25.6 Å². The molecule has 1 unspecified atom stereocenters. The molecule has 1 amide bonds. The lowest BCUT2D eigenvalue weighted by Gasteiger charge is -2.41. The van der Waals surface area contributed by atoms with Gasteiger partial charge in [-0.05, 0) is 6.92 Å². The fourth-order valence-corrected chi connectivity index (χ4v) is 1.70. The summed E-state index contributed by atoms with van der Waals surface area (Å²) in [7, 11) is 0. The van der Waals surface area contributed by atoms with E-state index in [0.717, 1.165) is 0 Å². The lowest BCUT2D eigenvalue weighted by atomic mass is 9.87. The highest BCUT2D eigenvalue weighted by Crippen LogP contribution is 2.24. The van der Waals surface area contributed by atoms with Crippen molar-refractivity contribution in [2.75, 3.05) is 26.3 Å². The topological polar surface area (TPSA) is 66.8 Å². The number of hydrogen-bond acceptors (Lipinski definition) is 3. The predicted octanol–water partition coefficient (Wildman–Crippen LogP) is 0.592. The van der Waals surface area contributed by atoms with Gasteiger partial charge in [-0.25, -0.2) is 0 Å². The first kappa shape index (κ1) is 13.0. The van der Waals surface area contributed by atoms with Crippen LogP contribution in [0.25, 0.3) is 0 Å². The molecule has 0 aromatic heterocycles. The molecular weight excluding hydrogens is 210 g/mol. The van der Waals surface area contributed by atoms with Crippen LogP contribution in [-0.2, 0) is 14.3 Å². The van der Waals surface area contributed by atoms with E-state index in [0.29, 0.717) is 32.7 Å². The summed E-state index contributed by atoms with van der Waals surface area (Å²) in [4.78, 5) is 23.9. The second kappa shape index (κ2) is 5.84. The number of nitrogens with zero attached hydrogens (tertiary/aromatic N) is 1. The molecule has 5 nitrogen and oxygen atoms in total. The molecule has 1 saturated heterocycles. The molecule has 0 aromatic carbocycles. The Hall–Kier alpha value is -1.10. The van der Waals surface area contributed by atoms with Crippen molar-refractivity contribution in [3.8, 4) is 0 Å². The van der Waals surface area contributed by atoms with Crippen LogP contribution < -0.4 is 0 Å². The Kier molecular flexibility index (Phi) is 4.73. The van der Waals surface area contributed by atoms with E-state index >= 15 is 0 Å². The van der Waals surface area contributed by atoms with Gasteiger partial charge >= 0.3 is 5.97 Å². The van der Waals surface area contributed by atoms with Crippen molar-refractivity contribution in [3.63, 3.8) is 0 Å². The fraction of sp³-hybridized carbons (Fsp3) is 0.818. The number of amides is 1. The second-order valence-corrected chi connectivity index (χ2v) is 4.13. The number of ether oxygens (including phenoxy) is 1. The van der Waals surface area contributed by atoms with Crippen LogP contribution in [0.5, 0.6) is 0 Å². The average Bonchev–Trinajstić information content (AvgIpc) is 2.15. The number of rotatable bonds is 6. The zero-order chi connectivity index (χ0) is 12.1. The van der Waals surface area contributed by atoms with Crippen LogP contribution in [0.3, 0.4) is 0 Å². The van der Waals surface area contributed by atoms with Crippen LogP contribution in [0.15, 0.2) is 0 Å². The summed E-state index contributed by atoms with van der Waals surface area (Å²) in [5.41, 5.74) is 0. The molecule has 0 aliphatic carbocycles. The first-order chi connectivity index (χ1) is 7.56. The van der Waals surface area contributed by atoms with E-state index in [-0.39, 0.29) is 17.7 Å². The number of carboxylic acids is 1. The Balaban J connectivity index is 2.20. The third-order valence-electron chi connectivity index (χ3n) is 3.02. The third-order valence-corrected chi connectivity index (χ3v) is 3.02. The largest absolute Gasteiger partial charge is 0.481 e. The number of hydrogen-bond donors (Lipinski definition) is 1. The monoisotopic (exact) mass is 229 g/mol. The fourth-order valence-electron chi connectivity index (χ4n) is 1.70. The molecule has 0 bridgehead atoms. The first-order valence-corrected chi connectivity index (χ1v) is 5.64. The molecule has 1 aliphatic rings. The van der Waals surface area contributed by atoms with Crippen LogP contribution in [0, 0.1) is 11.8 Å². The highest BCUT2D eigenvalue weighted by Gasteiger charge is 2.36. The van der Waals surface area contributed by atoms with E-state index in [2.05, 4.69) is 0 Å². The Labute approximate surface area is 95.4 Å². The van der Waals surface area contributed by atoms with E-state index in [9.17, 15) is 9.59 Å². The van der Waals surface area contributed by atoms with Crippen LogP contribution >= 0.6 is 0 Å². The van der Waals surface area contributed by atoms with Crippen LogP contribution in [0.1, 0.15) is 20.3 Å². The van der Waals surface area contributed by atoms with E-state index in [1.54, 1.807) is 11.8 Å². The van der Waals surface area contributed by atoms with Gasteiger partial charge in [-0.3, -0.25) is 9.59 Å². The van der Waals surface area contributed by atoms with Gasteiger partial charge in [0.05, 0.1) is 18.9 Å². The third kappa shape index (κ3) is 3.20. The van der Waals surface area contributed by atoms with E-state index in [1.165, 1.54) is 0 Å². The van der Waals surface area contributed by atoms with Crippen LogP contribution in [0.4, 0.5) is 0 Å². The summed E-state index contributed by atoms with van der Waals surface area (Å²) in [5, 5.41) is 8.79. The number of carbonyl (C=O) groups is 2. The number of carboxylic acid groups (broad SMARTS) is 1. The molecule has 0 radical (unpaired) electrons. The molecular formula is C11H19NO4. The normalized spacial score (nSPS) is 18.0. The predicted molar refractivity (Wildman–Crippen MR) is 58.0 cm³/mol. The summed E-state index contributed by atoms with van der Waals surface area (Å²) in [6.45, 7) is 5.78. The number of aliphatic carboxylic acids is 1. The lowest BCUT2D eigenvalue weighted by molar-refractivity contribution is -0.150. The summed E-state index contributed by atoms with van der Waals surface area (Å²) < 4.78 is 5.09. The summed E-state index contributed by atoms with van der Waals surface area (Å²) in [6, 6.07) is 0. The Morgan fingerprint density at radius 3 is 2.62 bits per heavy atom. The Morgan fingerprint density at radius 1 is 1.50 bits per heavy atom. The zero-order valence-corrected chi connectivity index (χ0v) is 9.81. The standard InChI is InChI=1S/C11H19NO4/c1-3-16-5-4-10(13)12-6-9(7-12)8(2)11(14)15/h8-9H,3-7H2,1-2H3,(H,14,15). The summed E-state index contributed by atoms with van der Waals surface area (Å²) in [5.74, 6) is -0.988. The maximum atomic E-state index is 11.5. The zero-order valence-electron chi connectivity index (χ0n) is 9.81. The molecule has 1 N–H and O–H groups in total. The number of carbonyl (C=O) groups excluding carboxylic acids is 1. The summed E-state index contributed by atoms with van der Waals surface area (Å²) in [6.07, 6.45) is 0.391. The molecule has 5 heteroatoms. The minimum atomic E-state index is -0.786. The van der Waals surface area contributed by atoms with Gasteiger partial charge in [-0.15, -0.1) is 0 Å². The van der Waals surface area contributed by atoms with Gasteiger partial charge in [0.2, 0.25) is 5.91 Å². The smallest absolute Gasteiger partial charge is 0.306 e. The van der Waals surface area contributed by atoms with Gasteiger partial charge in [0.1, 0.15) is 0 Å². The number of likely N-dealkylation sites (tertiary alicyclic amines) is 1. The second-order valence-electron chi connectivity index (χ2n) is 4.13. The molecule has 1 heterocycles. The molecule has 0 aromatic rings. The maximum Gasteiger partial charge on any atom is 0.306 e. The molecule has 1 fully saturated rings. The van der Waals surface area contributed by atoms with Gasteiger partial charge in [0.15, 0.2) is 0 Å². The summed E-state index contributed by atoms with van der Waals surface area (Å²) >= 11 is 0. The minimum absolute atomic E-state index is 0.0577. The molecule has 1 rings (SSSR count). The highest BCUT2D eigenvalue weighted by atomic mass is 16.5. The van der Waals surface area contributed by atoms with Gasteiger partial charge < -0.3 is 14.7 Å². The maximum absolute atomic E-state index is 11.5. The van der Waals surface area contributed by atoms with Crippen molar-refractivity contribution in [2.24, 2.45) is 11.8 Å². The van der Waals surface area contributed by atoms with Gasteiger partial charge in [-0.2, -0.15) is 0 Å². The molecule has 16 heavy (non-hydrogen) atoms. The minimum Gasteiger partial charge on any atom is -0.481 e. The average molecular weight is 229 g/mol. The SMILES string of the molecule is CCOCCC(=O)N1CC(C(C)C(=O)O)C1. The Bertz CT molecular complexity index is 261. The molecule has 1 atom stereocenters. The molecule has 0 saturated carbocycles. The lowest BCUT2D eigenvalue weighted by Crippen LogP contribution is -2.53. The van der Waals surface area contributed by atoms with Crippen LogP contribution in [-0.4, -0.2) is 48.2 Å². The van der Waals surface area contributed by atoms with E-state index in [4.69, 9.17) is 9.84 Å². The van der Waals surface area contributed by atoms with Crippen molar-refractivity contribution in [3.05, 3.63) is 0 Å². The molecule has 0 spiro atoms. The quantitative estimate of drug-likeness (QED) is 0.677. The van der Waals surface area contributed by atoms with E-state index < -0.39 is 5.97 Å². The van der Waals surface area contributed by atoms with Crippen molar-refractivity contribution < 1.29 is 19.4 Å². The van der Waals surface area contributed by atoms with Gasteiger partial charge in [-0.1, -0.05) is 6.92 Å². The van der Waals surface area contributed by atoms with Gasteiger partial charge in [0.25, 0.3) is 0 Å². The van der Waals surface area contributed by atoms with Crippen molar-refractivity contribution in [1.29, 1.82) is 0 Å². The molecule has 1 aliphatic heterocycles. The van der Waals surface area contributed by atoms with Crippen molar-refractivity contribution in [1.82, 2.24) is 4.90 Å². The van der Waals surface area contributed by atoms with Crippen molar-refractivity contribution >= 4 is 11.9 Å².